The summed E-state index contributed by atoms with van der Waals surface area (Å²) < 4.78 is 27.5. The highest BCUT2D eigenvalue weighted by atomic mass is 35.5. The van der Waals surface area contributed by atoms with Crippen LogP contribution in [0, 0.1) is 28.6 Å². The quantitative estimate of drug-likeness (QED) is 0.289. The molecule has 0 aromatic carbocycles. The van der Waals surface area contributed by atoms with Gasteiger partial charge < -0.3 is 15.5 Å². The third kappa shape index (κ3) is 5.74. The van der Waals surface area contributed by atoms with Gasteiger partial charge in [0.2, 0.25) is 11.8 Å². The van der Waals surface area contributed by atoms with Gasteiger partial charge in [0.25, 0.3) is 23.4 Å². The van der Waals surface area contributed by atoms with E-state index >= 15 is 0 Å². The molecule has 10 nitrogen and oxygen atoms in total. The van der Waals surface area contributed by atoms with Crippen molar-refractivity contribution in [3.63, 3.8) is 0 Å². The molecule has 7 atom stereocenters. The molecule has 0 spiro atoms. The van der Waals surface area contributed by atoms with Gasteiger partial charge >= 0.3 is 0 Å². The first-order chi connectivity index (χ1) is 17.5. The fourth-order valence-corrected chi connectivity index (χ4v) is 5.70. The molecule has 0 bridgehead atoms. The van der Waals surface area contributed by atoms with Crippen LogP contribution in [0.1, 0.15) is 54.4 Å². The molecule has 38 heavy (non-hydrogen) atoms. The summed E-state index contributed by atoms with van der Waals surface area (Å²) in [5, 5.41) is 5.84. The van der Waals surface area contributed by atoms with E-state index in [1.165, 1.54) is 4.90 Å². The molecule has 1 saturated carbocycles. The van der Waals surface area contributed by atoms with E-state index in [1.807, 2.05) is 20.8 Å². The lowest BCUT2D eigenvalue weighted by molar-refractivity contribution is -0.151. The number of halogens is 3. The summed E-state index contributed by atoms with van der Waals surface area (Å²) in [7, 11) is 0. The van der Waals surface area contributed by atoms with Crippen LogP contribution in [0.25, 0.3) is 0 Å². The van der Waals surface area contributed by atoms with Gasteiger partial charge in [0.15, 0.2) is 6.17 Å². The number of hydrogen-bond acceptors (Lipinski definition) is 5. The summed E-state index contributed by atoms with van der Waals surface area (Å²) >= 11 is 5.39. The summed E-state index contributed by atoms with van der Waals surface area (Å²) in [6.45, 7) is 10.7. The molecule has 5 amide bonds. The summed E-state index contributed by atoms with van der Waals surface area (Å²) in [5.41, 5.74) is -1.07. The maximum Gasteiger partial charge on any atom is 0.291 e. The number of piperidine rings is 1. The molecule has 214 valence electrons. The number of nitrogens with zero attached hydrogens (tertiary/aromatic N) is 2. The fourth-order valence-electron chi connectivity index (χ4n) is 5.58. The van der Waals surface area contributed by atoms with Crippen LogP contribution >= 0.6 is 11.6 Å². The van der Waals surface area contributed by atoms with Gasteiger partial charge in [0.05, 0.1) is 12.5 Å². The van der Waals surface area contributed by atoms with E-state index in [0.717, 1.165) is 6.92 Å². The molecule has 2 aliphatic heterocycles. The first kappa shape index (κ1) is 30.0. The number of hydrogen-bond donors (Lipinski definition) is 3. The van der Waals surface area contributed by atoms with Crippen LogP contribution in [0.3, 0.4) is 0 Å². The van der Waals surface area contributed by atoms with Gasteiger partial charge in [-0.05, 0) is 42.4 Å². The lowest BCUT2D eigenvalue weighted by Gasteiger charge is -2.39. The average Bonchev–Trinajstić information content (AvgIpc) is 3.20. The van der Waals surface area contributed by atoms with Gasteiger partial charge in [-0.3, -0.25) is 29.4 Å². The van der Waals surface area contributed by atoms with E-state index in [4.69, 9.17) is 11.6 Å². The second-order valence-electron chi connectivity index (χ2n) is 11.8. The second-order valence-corrected chi connectivity index (χ2v) is 12.2. The standard InChI is InChI=1S/C25H38ClF2N5O5/c1-7-24(3,4)17(30-19(34)12(2)27)22(37)32-11-14-15(25(14,5)6)16(32)21(36)31-33(23(38)18(26)28)10-13-8-9-29-20(13)35/h12-18H,7-11H2,1-6H3,(H,29,35)(H,30,34)(H,31,36)/t12-,13+,14+,15+,16+,17-,18+/m1/s1. The van der Waals surface area contributed by atoms with Gasteiger partial charge in [-0.15, -0.1) is 0 Å². The Morgan fingerprint density at radius 1 is 1.26 bits per heavy atom. The number of fused-ring (bicyclic) bond motifs is 1. The summed E-state index contributed by atoms with van der Waals surface area (Å²) in [4.78, 5) is 65.6. The molecule has 1 aliphatic carbocycles. The second kappa shape index (κ2) is 10.9. The van der Waals surface area contributed by atoms with Crippen molar-refractivity contribution in [1.82, 2.24) is 26.0 Å². The van der Waals surface area contributed by atoms with Gasteiger partial charge in [-0.25, -0.2) is 13.8 Å². The average molecular weight is 562 g/mol. The van der Waals surface area contributed by atoms with Crippen molar-refractivity contribution in [3.05, 3.63) is 0 Å². The Labute approximate surface area is 226 Å². The monoisotopic (exact) mass is 561 g/mol. The van der Waals surface area contributed by atoms with Crippen molar-refractivity contribution in [2.24, 2.45) is 28.6 Å². The minimum Gasteiger partial charge on any atom is -0.356 e. The minimum atomic E-state index is -2.45. The van der Waals surface area contributed by atoms with Gasteiger partial charge in [0.1, 0.15) is 12.1 Å². The third-order valence-corrected chi connectivity index (χ3v) is 8.80. The molecule has 0 aromatic heterocycles. The highest BCUT2D eigenvalue weighted by molar-refractivity contribution is 6.29. The molecule has 13 heteroatoms. The van der Waals surface area contributed by atoms with E-state index in [1.54, 1.807) is 13.8 Å². The SMILES string of the molecule is CCC(C)(C)[C@H](NC(=O)[C@@H](C)F)C(=O)N1C[C@H]2[C@@H]([C@H]1C(=O)NN(C[C@@H]1CCNC1=O)C(=O)[C@H](F)Cl)C2(C)C. The van der Waals surface area contributed by atoms with Crippen LogP contribution in [0.2, 0.25) is 0 Å². The third-order valence-electron chi connectivity index (χ3n) is 8.61. The topological polar surface area (TPSA) is 128 Å². The smallest absolute Gasteiger partial charge is 0.291 e. The van der Waals surface area contributed by atoms with Crippen molar-refractivity contribution in [3.8, 4) is 0 Å². The van der Waals surface area contributed by atoms with Gasteiger partial charge in [0, 0.05) is 13.1 Å². The van der Waals surface area contributed by atoms with E-state index in [-0.39, 0.29) is 36.2 Å². The van der Waals surface area contributed by atoms with Crippen LogP contribution in [0.4, 0.5) is 8.78 Å². The first-order valence-corrected chi connectivity index (χ1v) is 13.4. The summed E-state index contributed by atoms with van der Waals surface area (Å²) in [5.74, 6) is -4.68. The van der Waals surface area contributed by atoms with Crippen molar-refractivity contribution in [2.45, 2.75) is 78.3 Å². The fraction of sp³-hybridized carbons (Fsp3) is 0.800. The van der Waals surface area contributed by atoms with E-state index in [2.05, 4.69) is 16.1 Å². The molecular weight excluding hydrogens is 524 g/mol. The first-order valence-electron chi connectivity index (χ1n) is 13.0. The minimum absolute atomic E-state index is 0.0184. The van der Waals surface area contributed by atoms with Crippen molar-refractivity contribution < 1.29 is 32.8 Å². The van der Waals surface area contributed by atoms with Gasteiger partial charge in [-0.1, -0.05) is 46.2 Å². The van der Waals surface area contributed by atoms with Crippen molar-refractivity contribution in [2.75, 3.05) is 19.6 Å². The zero-order valence-corrected chi connectivity index (χ0v) is 23.4. The number of carbonyl (C=O) groups excluding carboxylic acids is 5. The molecule has 3 fully saturated rings. The zero-order valence-electron chi connectivity index (χ0n) is 22.6. The summed E-state index contributed by atoms with van der Waals surface area (Å²) in [6.07, 6.45) is -0.962. The van der Waals surface area contributed by atoms with Crippen LogP contribution in [0.5, 0.6) is 0 Å². The number of likely N-dealkylation sites (tertiary alicyclic amines) is 1. The maximum atomic E-state index is 13.8. The molecule has 3 rings (SSSR count). The van der Waals surface area contributed by atoms with Gasteiger partial charge in [-0.2, -0.15) is 0 Å². The lowest BCUT2D eigenvalue weighted by atomic mass is 9.80. The Morgan fingerprint density at radius 2 is 1.89 bits per heavy atom. The lowest BCUT2D eigenvalue weighted by Crippen LogP contribution is -2.62. The predicted octanol–water partition coefficient (Wildman–Crippen LogP) is 1.28. The number of rotatable bonds is 9. The zero-order chi connectivity index (χ0) is 28.7. The number of carbonyl (C=O) groups is 5. The molecular formula is C25H38ClF2N5O5. The molecule has 3 N–H and O–H groups in total. The van der Waals surface area contributed by atoms with Crippen LogP contribution < -0.4 is 16.1 Å². The van der Waals surface area contributed by atoms with Crippen molar-refractivity contribution >= 4 is 41.1 Å². The number of amides is 5. The van der Waals surface area contributed by atoms with E-state index in [0.29, 0.717) is 24.4 Å². The number of hydrazine groups is 1. The molecule has 0 radical (unpaired) electrons. The molecule has 2 heterocycles. The van der Waals surface area contributed by atoms with Crippen LogP contribution in [-0.4, -0.2) is 83.0 Å². The highest BCUT2D eigenvalue weighted by Gasteiger charge is 2.70. The Kier molecular flexibility index (Phi) is 8.65. The van der Waals surface area contributed by atoms with Crippen molar-refractivity contribution in [1.29, 1.82) is 0 Å². The molecule has 2 saturated heterocycles. The highest BCUT2D eigenvalue weighted by Crippen LogP contribution is 2.65. The number of alkyl halides is 3. The normalized spacial score (nSPS) is 28.0. The molecule has 0 aromatic rings. The Hall–Kier alpha value is -2.50. The van der Waals surface area contributed by atoms with Crippen LogP contribution in [-0.2, 0) is 24.0 Å². The Balaban J connectivity index is 1.88. The molecule has 0 unspecified atom stereocenters. The number of nitrogens with one attached hydrogen (secondary N) is 3. The van der Waals surface area contributed by atoms with Crippen LogP contribution in [0.15, 0.2) is 0 Å². The van der Waals surface area contributed by atoms with E-state index < -0.39 is 58.8 Å². The molecule has 3 aliphatic rings. The summed E-state index contributed by atoms with van der Waals surface area (Å²) in [6, 6.07) is -2.13. The maximum absolute atomic E-state index is 13.8. The Morgan fingerprint density at radius 3 is 2.39 bits per heavy atom. The predicted molar refractivity (Wildman–Crippen MR) is 135 cm³/mol. The largest absolute Gasteiger partial charge is 0.356 e. The Bertz CT molecular complexity index is 991. The van der Waals surface area contributed by atoms with E-state index in [9.17, 15) is 32.8 Å².